The van der Waals surface area contributed by atoms with Crippen LogP contribution in [-0.2, 0) is 0 Å². The molecule has 1 aromatic heterocycles. The average molecular weight is 291 g/mol. The summed E-state index contributed by atoms with van der Waals surface area (Å²) in [7, 11) is 0. The van der Waals surface area contributed by atoms with Gasteiger partial charge in [-0.1, -0.05) is 23.9 Å². The molecule has 0 aliphatic rings. The maximum absolute atomic E-state index is 13.0. The Morgan fingerprint density at radius 2 is 2.10 bits per heavy atom. The van der Waals surface area contributed by atoms with Gasteiger partial charge in [-0.25, -0.2) is 4.39 Å². The van der Waals surface area contributed by atoms with E-state index in [4.69, 9.17) is 5.73 Å². The first kappa shape index (κ1) is 14.3. The fourth-order valence-electron chi connectivity index (χ4n) is 1.61. The van der Waals surface area contributed by atoms with Gasteiger partial charge in [-0.15, -0.1) is 0 Å². The Morgan fingerprint density at radius 1 is 1.45 bits per heavy atom. The zero-order valence-electron chi connectivity index (χ0n) is 11.0. The van der Waals surface area contributed by atoms with E-state index in [1.54, 1.807) is 16.7 Å². The monoisotopic (exact) mass is 291 g/mol. The van der Waals surface area contributed by atoms with Crippen molar-refractivity contribution in [3.8, 4) is 5.69 Å². The Balaban J connectivity index is 2.52. The van der Waals surface area contributed by atoms with Gasteiger partial charge in [0.25, 0.3) is 5.56 Å². The Morgan fingerprint density at radius 3 is 2.70 bits per heavy atom. The van der Waals surface area contributed by atoms with Crippen LogP contribution in [0.1, 0.15) is 6.92 Å². The number of nitrogens with zero attached hydrogens (tertiary/aromatic N) is 2. The molecule has 0 radical (unpaired) electrons. The van der Waals surface area contributed by atoms with Gasteiger partial charge in [-0.3, -0.25) is 9.36 Å². The quantitative estimate of drug-likeness (QED) is 0.534. The first-order chi connectivity index (χ1) is 9.47. The van der Waals surface area contributed by atoms with Crippen LogP contribution in [0.4, 0.5) is 10.2 Å². The molecule has 0 fully saturated rings. The smallest absolute Gasteiger partial charge is 0.275 e. The second-order valence-corrected chi connectivity index (χ2v) is 5.30. The molecule has 0 unspecified atom stereocenters. The van der Waals surface area contributed by atoms with Gasteiger partial charge >= 0.3 is 0 Å². The molecule has 0 saturated carbocycles. The molecular formula is C14H14FN3OS. The fraction of sp³-hybridized carbons (Fsp3) is 0.143. The summed E-state index contributed by atoms with van der Waals surface area (Å²) >= 11 is 1.36. The minimum atomic E-state index is -0.398. The van der Waals surface area contributed by atoms with E-state index in [1.807, 2.05) is 6.92 Å². The summed E-state index contributed by atoms with van der Waals surface area (Å²) in [6.45, 7) is 5.70. The lowest BCUT2D eigenvalue weighted by Crippen LogP contribution is -2.16. The number of aromatic nitrogens is 2. The van der Waals surface area contributed by atoms with Crippen molar-refractivity contribution in [2.45, 2.75) is 12.1 Å². The topological polar surface area (TPSA) is 60.9 Å². The predicted octanol–water partition coefficient (Wildman–Crippen LogP) is 2.62. The van der Waals surface area contributed by atoms with Gasteiger partial charge < -0.3 is 5.73 Å². The third-order valence-corrected chi connectivity index (χ3v) is 3.63. The largest absolute Gasteiger partial charge is 0.385 e. The summed E-state index contributed by atoms with van der Waals surface area (Å²) in [4.78, 5) is 15.5. The second-order valence-electron chi connectivity index (χ2n) is 4.36. The van der Waals surface area contributed by atoms with Crippen LogP contribution in [0.15, 0.2) is 52.4 Å². The van der Waals surface area contributed by atoms with Crippen LogP contribution in [0.2, 0.25) is 0 Å². The summed E-state index contributed by atoms with van der Waals surface area (Å²) in [6.07, 6.45) is 0. The van der Waals surface area contributed by atoms with Crippen molar-refractivity contribution >= 4 is 17.6 Å². The van der Waals surface area contributed by atoms with Gasteiger partial charge in [0, 0.05) is 17.5 Å². The molecule has 0 amide bonds. The van der Waals surface area contributed by atoms with Crippen LogP contribution >= 0.6 is 11.8 Å². The van der Waals surface area contributed by atoms with E-state index in [-0.39, 0.29) is 11.6 Å². The van der Waals surface area contributed by atoms with E-state index in [0.717, 1.165) is 5.57 Å². The van der Waals surface area contributed by atoms with Crippen LogP contribution in [0, 0.1) is 5.82 Å². The maximum Gasteiger partial charge on any atom is 0.275 e. The lowest BCUT2D eigenvalue weighted by atomic mass is 10.3. The van der Waals surface area contributed by atoms with Crippen LogP contribution in [0.3, 0.4) is 0 Å². The molecule has 0 saturated heterocycles. The summed E-state index contributed by atoms with van der Waals surface area (Å²) in [6, 6.07) is 7.08. The molecule has 2 aromatic rings. The predicted molar refractivity (Wildman–Crippen MR) is 79.7 cm³/mol. The highest BCUT2D eigenvalue weighted by molar-refractivity contribution is 7.99. The van der Waals surface area contributed by atoms with E-state index < -0.39 is 5.56 Å². The van der Waals surface area contributed by atoms with Gasteiger partial charge in [-0.2, -0.15) is 4.98 Å². The SMILES string of the molecule is C=C(C)CSc1nc(=O)cc(N)n1-c1ccc(F)cc1. The van der Waals surface area contributed by atoms with Crippen molar-refractivity contribution < 1.29 is 4.39 Å². The number of thioether (sulfide) groups is 1. The van der Waals surface area contributed by atoms with Gasteiger partial charge in [0.2, 0.25) is 0 Å². The number of anilines is 1. The van der Waals surface area contributed by atoms with Crippen molar-refractivity contribution in [2.24, 2.45) is 0 Å². The first-order valence-corrected chi connectivity index (χ1v) is 6.88. The third kappa shape index (κ3) is 3.27. The molecule has 0 bridgehead atoms. The minimum Gasteiger partial charge on any atom is -0.385 e. The summed E-state index contributed by atoms with van der Waals surface area (Å²) in [5, 5.41) is 0.463. The molecule has 104 valence electrons. The standard InChI is InChI=1S/C14H14FN3OS/c1-9(2)8-20-14-17-13(19)7-12(16)18(14)11-5-3-10(15)4-6-11/h3-7H,1,8,16H2,2H3. The van der Waals surface area contributed by atoms with Crippen molar-refractivity contribution in [3.05, 3.63) is 58.7 Å². The molecule has 2 N–H and O–H groups in total. The highest BCUT2D eigenvalue weighted by atomic mass is 32.2. The average Bonchev–Trinajstić information content (AvgIpc) is 2.37. The maximum atomic E-state index is 13.0. The molecule has 20 heavy (non-hydrogen) atoms. The van der Waals surface area contributed by atoms with Gasteiger partial charge in [-0.05, 0) is 31.2 Å². The number of hydrogen-bond donors (Lipinski definition) is 1. The number of nitrogens with two attached hydrogens (primary N) is 1. The molecule has 0 aliphatic carbocycles. The Hall–Kier alpha value is -2.08. The van der Waals surface area contributed by atoms with E-state index in [9.17, 15) is 9.18 Å². The number of hydrogen-bond acceptors (Lipinski definition) is 4. The number of rotatable bonds is 4. The Bertz CT molecular complexity index is 695. The fourth-order valence-corrected chi connectivity index (χ4v) is 2.48. The lowest BCUT2D eigenvalue weighted by molar-refractivity contribution is 0.627. The van der Waals surface area contributed by atoms with Gasteiger partial charge in [0.15, 0.2) is 5.16 Å². The molecule has 1 heterocycles. The molecule has 0 atom stereocenters. The van der Waals surface area contributed by atoms with E-state index in [1.165, 1.54) is 30.0 Å². The highest BCUT2D eigenvalue weighted by Crippen LogP contribution is 2.23. The lowest BCUT2D eigenvalue weighted by Gasteiger charge is -2.14. The van der Waals surface area contributed by atoms with Crippen molar-refractivity contribution in [3.63, 3.8) is 0 Å². The van der Waals surface area contributed by atoms with Crippen LogP contribution in [-0.4, -0.2) is 15.3 Å². The summed E-state index contributed by atoms with van der Waals surface area (Å²) in [5.41, 5.74) is 7.10. The molecule has 1 aromatic carbocycles. The van der Waals surface area contributed by atoms with Crippen molar-refractivity contribution in [1.29, 1.82) is 0 Å². The molecule has 2 rings (SSSR count). The third-order valence-electron chi connectivity index (χ3n) is 2.46. The number of benzene rings is 1. The number of nitrogen functional groups attached to an aromatic ring is 1. The minimum absolute atomic E-state index is 0.265. The Kier molecular flexibility index (Phi) is 4.24. The summed E-state index contributed by atoms with van der Waals surface area (Å²) in [5.74, 6) is 0.551. The number of halogens is 1. The van der Waals surface area contributed by atoms with Gasteiger partial charge in [0.1, 0.15) is 11.6 Å². The van der Waals surface area contributed by atoms with E-state index in [2.05, 4.69) is 11.6 Å². The second kappa shape index (κ2) is 5.92. The van der Waals surface area contributed by atoms with Crippen LogP contribution in [0.25, 0.3) is 5.69 Å². The van der Waals surface area contributed by atoms with Gasteiger partial charge in [0.05, 0.1) is 0 Å². The molecule has 0 spiro atoms. The Labute approximate surface area is 120 Å². The zero-order valence-corrected chi connectivity index (χ0v) is 11.8. The van der Waals surface area contributed by atoms with Crippen LogP contribution in [0.5, 0.6) is 0 Å². The van der Waals surface area contributed by atoms with E-state index in [0.29, 0.717) is 16.6 Å². The molecule has 4 nitrogen and oxygen atoms in total. The zero-order chi connectivity index (χ0) is 14.7. The highest BCUT2D eigenvalue weighted by Gasteiger charge is 2.10. The molecule has 6 heteroatoms. The first-order valence-electron chi connectivity index (χ1n) is 5.90. The van der Waals surface area contributed by atoms with Crippen LogP contribution < -0.4 is 11.3 Å². The normalized spacial score (nSPS) is 10.5. The van der Waals surface area contributed by atoms with Crippen molar-refractivity contribution in [2.75, 3.05) is 11.5 Å². The van der Waals surface area contributed by atoms with E-state index >= 15 is 0 Å². The van der Waals surface area contributed by atoms with Crippen molar-refractivity contribution in [1.82, 2.24) is 9.55 Å². The molecule has 0 aliphatic heterocycles. The molecular weight excluding hydrogens is 277 g/mol. The summed E-state index contributed by atoms with van der Waals surface area (Å²) < 4.78 is 14.6.